The average Bonchev–Trinajstić information content (AvgIpc) is 2.61. The molecule has 0 aliphatic rings. The number of benzene rings is 2. The minimum Gasteiger partial charge on any atom is -0.324 e. The predicted molar refractivity (Wildman–Crippen MR) is 116 cm³/mol. The standard InChI is InChI=1S/C22H30N2O3S/c1-7-21(22(25)23-20-11-9-8-10-19(20)15(2)3)24(28(6,26)27)18-13-12-16(4)17(5)14-18/h8-15,21H,7H2,1-6H3,(H,23,25)/t21-/m1/s1. The van der Waals surface area contributed by atoms with E-state index in [9.17, 15) is 13.2 Å². The fraction of sp³-hybridized carbons (Fsp3) is 0.409. The Hall–Kier alpha value is -2.34. The summed E-state index contributed by atoms with van der Waals surface area (Å²) in [7, 11) is -3.65. The number of sulfonamides is 1. The van der Waals surface area contributed by atoms with Gasteiger partial charge in [-0.25, -0.2) is 8.42 Å². The van der Waals surface area contributed by atoms with Crippen LogP contribution in [0.25, 0.3) is 0 Å². The maximum Gasteiger partial charge on any atom is 0.248 e. The van der Waals surface area contributed by atoms with E-state index in [1.54, 1.807) is 6.07 Å². The van der Waals surface area contributed by atoms with Gasteiger partial charge >= 0.3 is 0 Å². The van der Waals surface area contributed by atoms with Crippen molar-refractivity contribution in [1.82, 2.24) is 0 Å². The Labute approximate surface area is 168 Å². The SMILES string of the molecule is CC[C@H](C(=O)Nc1ccccc1C(C)C)N(c1ccc(C)c(C)c1)S(C)(=O)=O. The summed E-state index contributed by atoms with van der Waals surface area (Å²) >= 11 is 0. The summed E-state index contributed by atoms with van der Waals surface area (Å²) in [6, 6.07) is 12.2. The monoisotopic (exact) mass is 402 g/mol. The predicted octanol–water partition coefficient (Wildman–Crippen LogP) is 4.61. The first kappa shape index (κ1) is 22.0. The lowest BCUT2D eigenvalue weighted by Crippen LogP contribution is -2.47. The van der Waals surface area contributed by atoms with Gasteiger partial charge in [0.15, 0.2) is 0 Å². The van der Waals surface area contributed by atoms with E-state index in [2.05, 4.69) is 19.2 Å². The van der Waals surface area contributed by atoms with E-state index in [4.69, 9.17) is 0 Å². The Bertz CT molecular complexity index is 952. The van der Waals surface area contributed by atoms with Gasteiger partial charge in [-0.15, -0.1) is 0 Å². The molecular formula is C22H30N2O3S. The molecule has 2 aromatic rings. The number of amides is 1. The van der Waals surface area contributed by atoms with Crippen LogP contribution in [0.4, 0.5) is 11.4 Å². The molecule has 1 atom stereocenters. The van der Waals surface area contributed by atoms with Crippen molar-refractivity contribution in [3.63, 3.8) is 0 Å². The molecule has 28 heavy (non-hydrogen) atoms. The average molecular weight is 403 g/mol. The number of hydrogen-bond donors (Lipinski definition) is 1. The van der Waals surface area contributed by atoms with E-state index in [1.807, 2.05) is 57.2 Å². The highest BCUT2D eigenvalue weighted by atomic mass is 32.2. The molecule has 0 bridgehead atoms. The number of rotatable bonds is 7. The molecule has 0 radical (unpaired) electrons. The van der Waals surface area contributed by atoms with E-state index in [0.717, 1.165) is 28.6 Å². The lowest BCUT2D eigenvalue weighted by molar-refractivity contribution is -0.117. The molecular weight excluding hydrogens is 372 g/mol. The fourth-order valence-electron chi connectivity index (χ4n) is 3.25. The van der Waals surface area contributed by atoms with Crippen molar-refractivity contribution in [1.29, 1.82) is 0 Å². The second-order valence-corrected chi connectivity index (χ2v) is 9.34. The molecule has 0 fully saturated rings. The van der Waals surface area contributed by atoms with Crippen molar-refractivity contribution < 1.29 is 13.2 Å². The number of nitrogens with zero attached hydrogens (tertiary/aromatic N) is 1. The molecule has 6 heteroatoms. The molecule has 1 N–H and O–H groups in total. The van der Waals surface area contributed by atoms with Gasteiger partial charge in [0.2, 0.25) is 15.9 Å². The maximum atomic E-state index is 13.1. The lowest BCUT2D eigenvalue weighted by atomic mass is 10.0. The van der Waals surface area contributed by atoms with Gasteiger partial charge < -0.3 is 5.32 Å². The minimum absolute atomic E-state index is 0.238. The van der Waals surface area contributed by atoms with E-state index >= 15 is 0 Å². The van der Waals surface area contributed by atoms with Gasteiger partial charge in [-0.1, -0.05) is 45.0 Å². The summed E-state index contributed by atoms with van der Waals surface area (Å²) in [6.45, 7) is 9.83. The van der Waals surface area contributed by atoms with Crippen LogP contribution < -0.4 is 9.62 Å². The summed E-state index contributed by atoms with van der Waals surface area (Å²) < 4.78 is 26.4. The van der Waals surface area contributed by atoms with Gasteiger partial charge in [-0.2, -0.15) is 0 Å². The van der Waals surface area contributed by atoms with Gasteiger partial charge in [0.25, 0.3) is 0 Å². The number of hydrogen-bond acceptors (Lipinski definition) is 3. The molecule has 0 spiro atoms. The van der Waals surface area contributed by atoms with E-state index in [-0.39, 0.29) is 11.8 Å². The number of carbonyl (C=O) groups excluding carboxylic acids is 1. The Morgan fingerprint density at radius 3 is 2.25 bits per heavy atom. The highest BCUT2D eigenvalue weighted by molar-refractivity contribution is 7.92. The van der Waals surface area contributed by atoms with E-state index in [0.29, 0.717) is 12.1 Å². The summed E-state index contributed by atoms with van der Waals surface area (Å²) in [5.41, 5.74) is 4.29. The van der Waals surface area contributed by atoms with Crippen molar-refractivity contribution in [2.24, 2.45) is 0 Å². The van der Waals surface area contributed by atoms with Crippen LogP contribution in [-0.2, 0) is 14.8 Å². The molecule has 152 valence electrons. The molecule has 2 aromatic carbocycles. The first-order chi connectivity index (χ1) is 13.1. The zero-order chi connectivity index (χ0) is 21.1. The molecule has 0 unspecified atom stereocenters. The van der Waals surface area contributed by atoms with Crippen LogP contribution in [0.3, 0.4) is 0 Å². The number of anilines is 2. The van der Waals surface area contributed by atoms with Crippen molar-refractivity contribution in [3.8, 4) is 0 Å². The summed E-state index contributed by atoms with van der Waals surface area (Å²) in [4.78, 5) is 13.1. The van der Waals surface area contributed by atoms with E-state index in [1.165, 1.54) is 4.31 Å². The van der Waals surface area contributed by atoms with Gasteiger partial charge in [-0.3, -0.25) is 9.10 Å². The Kier molecular flexibility index (Phi) is 6.88. The molecule has 2 rings (SSSR count). The van der Waals surface area contributed by atoms with Gasteiger partial charge in [0.1, 0.15) is 6.04 Å². The zero-order valence-corrected chi connectivity index (χ0v) is 18.3. The van der Waals surface area contributed by atoms with Gasteiger partial charge in [0, 0.05) is 5.69 Å². The zero-order valence-electron chi connectivity index (χ0n) is 17.5. The third-order valence-electron chi connectivity index (χ3n) is 4.92. The third kappa shape index (κ3) is 4.93. The van der Waals surface area contributed by atoms with Gasteiger partial charge in [0.05, 0.1) is 11.9 Å². The number of carbonyl (C=O) groups is 1. The van der Waals surface area contributed by atoms with Crippen LogP contribution >= 0.6 is 0 Å². The molecule has 0 aliphatic carbocycles. The third-order valence-corrected chi connectivity index (χ3v) is 6.10. The second kappa shape index (κ2) is 8.78. The highest BCUT2D eigenvalue weighted by Crippen LogP contribution is 2.27. The van der Waals surface area contributed by atoms with E-state index < -0.39 is 16.1 Å². The smallest absolute Gasteiger partial charge is 0.248 e. The normalized spacial score (nSPS) is 12.7. The molecule has 0 saturated carbocycles. The van der Waals surface area contributed by atoms with Crippen LogP contribution in [0.2, 0.25) is 0 Å². The van der Waals surface area contributed by atoms with Crippen LogP contribution in [-0.4, -0.2) is 26.6 Å². The summed E-state index contributed by atoms with van der Waals surface area (Å²) in [6.07, 6.45) is 1.50. The number of para-hydroxylation sites is 1. The Balaban J connectivity index is 2.44. The highest BCUT2D eigenvalue weighted by Gasteiger charge is 2.32. The minimum atomic E-state index is -3.65. The fourth-order valence-corrected chi connectivity index (χ4v) is 4.46. The Morgan fingerprint density at radius 2 is 1.71 bits per heavy atom. The Morgan fingerprint density at radius 1 is 1.07 bits per heavy atom. The van der Waals surface area contributed by atoms with Crippen LogP contribution in [0.5, 0.6) is 0 Å². The topological polar surface area (TPSA) is 66.5 Å². The first-order valence-electron chi connectivity index (χ1n) is 9.52. The second-order valence-electron chi connectivity index (χ2n) is 7.48. The van der Waals surface area contributed by atoms with Crippen molar-refractivity contribution >= 4 is 27.3 Å². The first-order valence-corrected chi connectivity index (χ1v) is 11.4. The van der Waals surface area contributed by atoms with Crippen LogP contribution in [0, 0.1) is 13.8 Å². The quantitative estimate of drug-likeness (QED) is 0.735. The summed E-state index contributed by atoms with van der Waals surface area (Å²) in [5.74, 6) is -0.0958. The molecule has 5 nitrogen and oxygen atoms in total. The largest absolute Gasteiger partial charge is 0.324 e. The van der Waals surface area contributed by atoms with Gasteiger partial charge in [-0.05, 0) is 61.1 Å². The molecule has 0 aromatic heterocycles. The van der Waals surface area contributed by atoms with Crippen LogP contribution in [0.1, 0.15) is 49.8 Å². The molecule has 1 amide bonds. The maximum absolute atomic E-state index is 13.1. The number of nitrogens with one attached hydrogen (secondary N) is 1. The number of aryl methyl sites for hydroxylation is 2. The van der Waals surface area contributed by atoms with Crippen molar-refractivity contribution in [3.05, 3.63) is 59.2 Å². The molecule has 0 aliphatic heterocycles. The van der Waals surface area contributed by atoms with Crippen molar-refractivity contribution in [2.75, 3.05) is 15.9 Å². The van der Waals surface area contributed by atoms with Crippen LogP contribution in [0.15, 0.2) is 42.5 Å². The summed E-state index contributed by atoms with van der Waals surface area (Å²) in [5, 5.41) is 2.95. The molecule has 0 saturated heterocycles. The van der Waals surface area contributed by atoms with Crippen molar-refractivity contribution in [2.45, 2.75) is 53.0 Å². The lowest BCUT2D eigenvalue weighted by Gasteiger charge is -2.31. The molecule has 0 heterocycles.